The predicted octanol–water partition coefficient (Wildman–Crippen LogP) is 7.34. The zero-order chi connectivity index (χ0) is 19.1. The summed E-state index contributed by atoms with van der Waals surface area (Å²) in [6, 6.07) is 0. The monoisotopic (exact) mass is 474 g/mol. The molecule has 0 saturated carbocycles. The molecule has 0 aromatic carbocycles. The minimum atomic E-state index is -0.900. The number of rotatable bonds is 22. The third kappa shape index (κ3) is 28.5. The van der Waals surface area contributed by atoms with Gasteiger partial charge in [-0.15, -0.1) is 0 Å². The molecule has 0 atom stereocenters. The summed E-state index contributed by atoms with van der Waals surface area (Å²) >= 11 is 0. The Balaban J connectivity index is 0. The van der Waals surface area contributed by atoms with Gasteiger partial charge in [-0.25, -0.2) is 0 Å². The number of unbranched alkanes of at least 4 members (excludes halogenated alkanes) is 20. The van der Waals surface area contributed by atoms with Crippen molar-refractivity contribution < 1.29 is 32.3 Å². The summed E-state index contributed by atoms with van der Waals surface area (Å²) < 4.78 is 0. The van der Waals surface area contributed by atoms with Gasteiger partial charge in [0.25, 0.3) is 0 Å². The Bertz CT molecular complexity index is 282. The number of hydrogen-bond acceptors (Lipinski definition) is 2. The first kappa shape index (κ1) is 29.4. The number of hydrogen-bond donors (Lipinski definition) is 0. The Hall–Kier alpha value is 0.210. The minimum Gasteiger partial charge on any atom is -0.550 e. The van der Waals surface area contributed by atoms with E-state index >= 15 is 0 Å². The van der Waals surface area contributed by atoms with Gasteiger partial charge < -0.3 is 9.90 Å². The number of carboxylic acids is 1. The van der Waals surface area contributed by atoms with Gasteiger partial charge in [0, 0.05) is 5.97 Å². The first-order valence-corrected chi connectivity index (χ1v) is 12.0. The summed E-state index contributed by atoms with van der Waals surface area (Å²) in [6.45, 7) is 2.29. The number of carboxylic acid groups (broad SMARTS) is 1. The second-order valence-electron chi connectivity index (χ2n) is 8.19. The van der Waals surface area contributed by atoms with E-state index in [1.54, 1.807) is 0 Å². The van der Waals surface area contributed by atoms with Gasteiger partial charge in [0.15, 0.2) is 0 Å². The van der Waals surface area contributed by atoms with Crippen LogP contribution in [-0.4, -0.2) is 5.97 Å². The summed E-state index contributed by atoms with van der Waals surface area (Å²) in [6.07, 6.45) is 28.7. The molecule has 0 amide bonds. The topological polar surface area (TPSA) is 40.1 Å². The van der Waals surface area contributed by atoms with E-state index in [1.807, 2.05) is 0 Å². The van der Waals surface area contributed by atoms with E-state index in [2.05, 4.69) is 6.92 Å². The van der Waals surface area contributed by atoms with E-state index in [-0.39, 0.29) is 28.8 Å². The molecule has 0 aromatic heterocycles. The number of aliphatic carboxylic acids is 1. The van der Waals surface area contributed by atoms with Crippen molar-refractivity contribution in [2.24, 2.45) is 0 Å². The van der Waals surface area contributed by atoms with Crippen LogP contribution in [0.25, 0.3) is 0 Å². The van der Waals surface area contributed by atoms with Crippen LogP contribution in [0.5, 0.6) is 0 Å². The quantitative estimate of drug-likeness (QED) is 0.121. The van der Waals surface area contributed by atoms with Gasteiger partial charge in [0.05, 0.1) is 0 Å². The second-order valence-corrected chi connectivity index (χ2v) is 8.19. The Morgan fingerprint density at radius 1 is 0.481 bits per heavy atom. The summed E-state index contributed by atoms with van der Waals surface area (Å²) in [5, 5.41) is 10.3. The molecule has 2 nitrogen and oxygen atoms in total. The predicted molar refractivity (Wildman–Crippen MR) is 112 cm³/mol. The maximum atomic E-state index is 10.3. The zero-order valence-electron chi connectivity index (χ0n) is 18.2. The first-order chi connectivity index (χ1) is 12.8. The van der Waals surface area contributed by atoms with Crippen molar-refractivity contribution in [3.8, 4) is 0 Å². The molecular formula is C24H47AgO2. The van der Waals surface area contributed by atoms with Gasteiger partial charge in [0.2, 0.25) is 0 Å². The maximum Gasteiger partial charge on any atom is 1.00 e. The van der Waals surface area contributed by atoms with Crippen LogP contribution in [-0.2, 0) is 27.2 Å². The SMILES string of the molecule is CCCCCCCCCCCCCCCCCCCCCCCC(=O)[O-].[Ag+]. The normalized spacial score (nSPS) is 10.7. The summed E-state index contributed by atoms with van der Waals surface area (Å²) in [7, 11) is 0. The van der Waals surface area contributed by atoms with Crippen LogP contribution in [0.4, 0.5) is 0 Å². The fourth-order valence-electron chi connectivity index (χ4n) is 3.70. The van der Waals surface area contributed by atoms with Crippen LogP contribution in [0.3, 0.4) is 0 Å². The molecule has 0 N–H and O–H groups in total. The van der Waals surface area contributed by atoms with Gasteiger partial charge in [-0.3, -0.25) is 0 Å². The van der Waals surface area contributed by atoms with Gasteiger partial charge in [-0.05, 0) is 12.8 Å². The second kappa shape index (κ2) is 26.2. The average Bonchev–Trinajstić information content (AvgIpc) is 2.62. The molecule has 0 rings (SSSR count). The molecule has 0 saturated heterocycles. The summed E-state index contributed by atoms with van der Waals surface area (Å²) in [5.41, 5.74) is 0. The molecule has 0 fully saturated rings. The van der Waals surface area contributed by atoms with Crippen LogP contribution in [0.2, 0.25) is 0 Å². The van der Waals surface area contributed by atoms with Crippen molar-refractivity contribution in [2.75, 3.05) is 0 Å². The smallest absolute Gasteiger partial charge is 0.550 e. The van der Waals surface area contributed by atoms with Crippen molar-refractivity contribution in [3.05, 3.63) is 0 Å². The van der Waals surface area contributed by atoms with E-state index in [0.29, 0.717) is 0 Å². The molecule has 0 aliphatic rings. The van der Waals surface area contributed by atoms with E-state index < -0.39 is 5.97 Å². The van der Waals surface area contributed by atoms with E-state index in [9.17, 15) is 9.90 Å². The van der Waals surface area contributed by atoms with E-state index in [1.165, 1.54) is 122 Å². The molecule has 0 spiro atoms. The van der Waals surface area contributed by atoms with E-state index in [0.717, 1.165) is 12.8 Å². The molecule has 27 heavy (non-hydrogen) atoms. The van der Waals surface area contributed by atoms with Crippen LogP contribution >= 0.6 is 0 Å². The van der Waals surface area contributed by atoms with Crippen LogP contribution < -0.4 is 5.11 Å². The average molecular weight is 476 g/mol. The molecule has 0 radical (unpaired) electrons. The van der Waals surface area contributed by atoms with Crippen molar-refractivity contribution in [2.45, 2.75) is 148 Å². The molecular weight excluding hydrogens is 428 g/mol. The van der Waals surface area contributed by atoms with Gasteiger partial charge in [-0.1, -0.05) is 135 Å². The van der Waals surface area contributed by atoms with Crippen molar-refractivity contribution in [1.82, 2.24) is 0 Å². The Morgan fingerprint density at radius 3 is 0.926 bits per heavy atom. The van der Waals surface area contributed by atoms with E-state index in [4.69, 9.17) is 0 Å². The zero-order valence-corrected chi connectivity index (χ0v) is 19.7. The molecule has 3 heteroatoms. The van der Waals surface area contributed by atoms with Crippen LogP contribution in [0.1, 0.15) is 148 Å². The molecule has 0 unspecified atom stereocenters. The van der Waals surface area contributed by atoms with Crippen LogP contribution in [0.15, 0.2) is 0 Å². The molecule has 0 aliphatic carbocycles. The van der Waals surface area contributed by atoms with Crippen molar-refractivity contribution in [1.29, 1.82) is 0 Å². The fourth-order valence-corrected chi connectivity index (χ4v) is 3.70. The molecule has 0 bridgehead atoms. The standard InChI is InChI=1S/C24H48O2.Ag/c1-2-3-4-5-6-7-8-9-10-11-12-13-14-15-16-17-18-19-20-21-22-23-24(25)26;/h2-23H2,1H3,(H,25,26);/q;+1/p-1. The van der Waals surface area contributed by atoms with Crippen molar-refractivity contribution in [3.63, 3.8) is 0 Å². The Labute approximate surface area is 186 Å². The Morgan fingerprint density at radius 2 is 0.704 bits per heavy atom. The number of carbonyl (C=O) groups excluding carboxylic acids is 1. The molecule has 0 aromatic rings. The molecule has 0 aliphatic heterocycles. The fraction of sp³-hybridized carbons (Fsp3) is 0.958. The Kier molecular flexibility index (Phi) is 28.6. The van der Waals surface area contributed by atoms with Crippen LogP contribution in [0, 0.1) is 0 Å². The number of carbonyl (C=O) groups is 1. The maximum absolute atomic E-state index is 10.3. The third-order valence-corrected chi connectivity index (χ3v) is 5.48. The van der Waals surface area contributed by atoms with Crippen molar-refractivity contribution >= 4 is 5.97 Å². The largest absolute Gasteiger partial charge is 1.00 e. The first-order valence-electron chi connectivity index (χ1n) is 12.0. The molecule has 0 heterocycles. The molecule has 166 valence electrons. The minimum absolute atomic E-state index is 0. The summed E-state index contributed by atoms with van der Waals surface area (Å²) in [5.74, 6) is -0.900. The third-order valence-electron chi connectivity index (χ3n) is 5.48. The summed E-state index contributed by atoms with van der Waals surface area (Å²) in [4.78, 5) is 10.3. The van der Waals surface area contributed by atoms with Gasteiger partial charge >= 0.3 is 22.4 Å². The van der Waals surface area contributed by atoms with Gasteiger partial charge in [0.1, 0.15) is 0 Å². The van der Waals surface area contributed by atoms with Gasteiger partial charge in [-0.2, -0.15) is 0 Å².